The zero-order valence-corrected chi connectivity index (χ0v) is 17.9. The highest BCUT2D eigenvalue weighted by Crippen LogP contribution is 2.30. The number of hydrogen-bond donors (Lipinski definition) is 1. The Hall–Kier alpha value is -3.49. The second-order valence-electron chi connectivity index (χ2n) is 8.27. The number of fused-ring (bicyclic) bond motifs is 1. The highest BCUT2D eigenvalue weighted by molar-refractivity contribution is 5.93. The first-order valence-corrected chi connectivity index (χ1v) is 10.7. The molecule has 1 fully saturated rings. The van der Waals surface area contributed by atoms with Gasteiger partial charge in [0.1, 0.15) is 17.3 Å². The van der Waals surface area contributed by atoms with Crippen molar-refractivity contribution in [3.8, 4) is 17.0 Å². The molecule has 5 rings (SSSR count). The van der Waals surface area contributed by atoms with Gasteiger partial charge < -0.3 is 10.1 Å². The van der Waals surface area contributed by atoms with Crippen LogP contribution in [0.5, 0.6) is 5.75 Å². The van der Waals surface area contributed by atoms with E-state index < -0.39 is 11.6 Å². The Morgan fingerprint density at radius 3 is 2.62 bits per heavy atom. The van der Waals surface area contributed by atoms with Gasteiger partial charge in [-0.3, -0.25) is 9.36 Å². The van der Waals surface area contributed by atoms with Crippen molar-refractivity contribution in [2.24, 2.45) is 14.1 Å². The minimum atomic E-state index is -0.536. The monoisotopic (exact) mass is 438 g/mol. The molecule has 3 aromatic heterocycles. The molecule has 0 unspecified atom stereocenters. The Morgan fingerprint density at radius 1 is 1.06 bits per heavy atom. The fraction of sp³-hybridized carbons (Fsp3) is 0.348. The fourth-order valence-corrected chi connectivity index (χ4v) is 4.27. The number of nitrogens with one attached hydrogen (secondary N) is 1. The lowest BCUT2D eigenvalue weighted by molar-refractivity contribution is 0.143. The summed E-state index contributed by atoms with van der Waals surface area (Å²) < 4.78 is 36.5. The first-order valence-electron chi connectivity index (χ1n) is 10.7. The van der Waals surface area contributed by atoms with E-state index in [4.69, 9.17) is 4.74 Å². The molecule has 1 aromatic carbocycles. The van der Waals surface area contributed by atoms with E-state index in [9.17, 15) is 8.78 Å². The van der Waals surface area contributed by atoms with Gasteiger partial charge in [-0.05, 0) is 37.8 Å². The second kappa shape index (κ2) is 8.22. The molecule has 32 heavy (non-hydrogen) atoms. The van der Waals surface area contributed by atoms with Crippen LogP contribution < -0.4 is 10.1 Å². The average Bonchev–Trinajstić information content (AvgIpc) is 3.35. The third-order valence-electron chi connectivity index (χ3n) is 5.93. The molecule has 0 spiro atoms. The summed E-state index contributed by atoms with van der Waals surface area (Å²) in [6.45, 7) is 0. The van der Waals surface area contributed by atoms with Crippen molar-refractivity contribution in [2.45, 2.75) is 37.8 Å². The molecule has 1 aliphatic rings. The molecule has 9 heteroatoms. The summed E-state index contributed by atoms with van der Waals surface area (Å²) in [5.74, 6) is -0.265. The van der Waals surface area contributed by atoms with Crippen LogP contribution in [0, 0.1) is 11.6 Å². The van der Waals surface area contributed by atoms with Gasteiger partial charge in [-0.2, -0.15) is 10.2 Å². The van der Waals surface area contributed by atoms with Crippen LogP contribution in [0.1, 0.15) is 25.7 Å². The van der Waals surface area contributed by atoms with Gasteiger partial charge in [0.25, 0.3) is 0 Å². The summed E-state index contributed by atoms with van der Waals surface area (Å²) in [6.07, 6.45) is 8.67. The summed E-state index contributed by atoms with van der Waals surface area (Å²) >= 11 is 0. The van der Waals surface area contributed by atoms with E-state index in [1.165, 1.54) is 0 Å². The summed E-state index contributed by atoms with van der Waals surface area (Å²) in [5.41, 5.74) is 2.80. The van der Waals surface area contributed by atoms with Gasteiger partial charge in [-0.25, -0.2) is 13.8 Å². The predicted octanol–water partition coefficient (Wildman–Crippen LogP) is 4.45. The molecule has 0 saturated heterocycles. The molecule has 0 amide bonds. The fourth-order valence-electron chi connectivity index (χ4n) is 4.27. The maximum atomic E-state index is 13.8. The van der Waals surface area contributed by atoms with E-state index in [0.29, 0.717) is 0 Å². The molecule has 0 aliphatic heterocycles. The van der Waals surface area contributed by atoms with Gasteiger partial charge in [0, 0.05) is 55.6 Å². The minimum absolute atomic E-state index is 0.0193. The molecule has 3 heterocycles. The van der Waals surface area contributed by atoms with Gasteiger partial charge >= 0.3 is 0 Å². The lowest BCUT2D eigenvalue weighted by Crippen LogP contribution is -2.31. The van der Waals surface area contributed by atoms with E-state index in [1.54, 1.807) is 10.9 Å². The lowest BCUT2D eigenvalue weighted by atomic mass is 9.93. The van der Waals surface area contributed by atoms with Crippen molar-refractivity contribution in [2.75, 3.05) is 5.32 Å². The van der Waals surface area contributed by atoms with Crippen LogP contribution in [0.3, 0.4) is 0 Å². The SMILES string of the molecule is Cn1cc(-c2nn(C)c3cc(NC4CCC(Oc5cc(F)ccc5F)CC4)ncc23)cn1. The van der Waals surface area contributed by atoms with Crippen LogP contribution in [0.2, 0.25) is 0 Å². The molecule has 1 saturated carbocycles. The number of nitrogens with zero attached hydrogens (tertiary/aromatic N) is 5. The van der Waals surface area contributed by atoms with E-state index in [1.807, 2.05) is 37.2 Å². The highest BCUT2D eigenvalue weighted by Gasteiger charge is 2.24. The molecule has 0 bridgehead atoms. The van der Waals surface area contributed by atoms with Gasteiger partial charge in [0.2, 0.25) is 0 Å². The number of anilines is 1. The topological polar surface area (TPSA) is 69.8 Å². The van der Waals surface area contributed by atoms with Gasteiger partial charge in [-0.1, -0.05) is 0 Å². The number of pyridine rings is 1. The maximum Gasteiger partial charge on any atom is 0.165 e. The molecule has 1 aliphatic carbocycles. The first-order chi connectivity index (χ1) is 15.5. The van der Waals surface area contributed by atoms with Gasteiger partial charge in [0.05, 0.1) is 17.8 Å². The van der Waals surface area contributed by atoms with Crippen molar-refractivity contribution < 1.29 is 13.5 Å². The van der Waals surface area contributed by atoms with Crippen LogP contribution >= 0.6 is 0 Å². The molecule has 7 nitrogen and oxygen atoms in total. The zero-order valence-electron chi connectivity index (χ0n) is 17.9. The molecule has 166 valence electrons. The normalized spacial score (nSPS) is 18.8. The van der Waals surface area contributed by atoms with Crippen molar-refractivity contribution in [1.29, 1.82) is 0 Å². The molecule has 1 N–H and O–H groups in total. The summed E-state index contributed by atoms with van der Waals surface area (Å²) in [7, 11) is 3.80. The van der Waals surface area contributed by atoms with Crippen LogP contribution in [-0.2, 0) is 14.1 Å². The highest BCUT2D eigenvalue weighted by atomic mass is 19.1. The molecular formula is C23H24F2N6O. The Morgan fingerprint density at radius 2 is 1.88 bits per heavy atom. The van der Waals surface area contributed by atoms with Crippen molar-refractivity contribution in [3.05, 3.63) is 54.5 Å². The molecular weight excluding hydrogens is 414 g/mol. The third kappa shape index (κ3) is 4.02. The van der Waals surface area contributed by atoms with Crippen molar-refractivity contribution >= 4 is 16.7 Å². The summed E-state index contributed by atoms with van der Waals surface area (Å²) in [6, 6.07) is 5.54. The Labute approximate surface area is 184 Å². The van der Waals surface area contributed by atoms with Crippen LogP contribution in [0.4, 0.5) is 14.6 Å². The number of benzene rings is 1. The van der Waals surface area contributed by atoms with Crippen molar-refractivity contribution in [1.82, 2.24) is 24.5 Å². The van der Waals surface area contributed by atoms with Crippen molar-refractivity contribution in [3.63, 3.8) is 0 Å². The largest absolute Gasteiger partial charge is 0.487 e. The standard InChI is InChI=1S/C23H24F2N6O/c1-30-13-14(11-27-30)23-18-12-26-22(10-20(18)31(2)29-23)28-16-4-6-17(7-5-16)32-21-9-15(24)3-8-19(21)25/h3,8-13,16-17H,4-7H2,1-2H3,(H,26,28). The second-order valence-corrected chi connectivity index (χ2v) is 8.27. The Balaban J connectivity index is 1.25. The van der Waals surface area contributed by atoms with Gasteiger partial charge in [0.15, 0.2) is 11.6 Å². The Bertz CT molecular complexity index is 1260. The number of halogens is 2. The first kappa shape index (κ1) is 20.4. The van der Waals surface area contributed by atoms with E-state index in [2.05, 4.69) is 20.5 Å². The quantitative estimate of drug-likeness (QED) is 0.499. The third-order valence-corrected chi connectivity index (χ3v) is 5.93. The molecule has 0 atom stereocenters. The van der Waals surface area contributed by atoms with E-state index in [-0.39, 0.29) is 17.9 Å². The number of aryl methyl sites for hydroxylation is 2. The Kier molecular flexibility index (Phi) is 5.24. The van der Waals surface area contributed by atoms with E-state index in [0.717, 1.165) is 71.9 Å². The van der Waals surface area contributed by atoms with Gasteiger partial charge in [-0.15, -0.1) is 0 Å². The smallest absolute Gasteiger partial charge is 0.165 e. The number of hydrogen-bond acceptors (Lipinski definition) is 5. The summed E-state index contributed by atoms with van der Waals surface area (Å²) in [4.78, 5) is 4.60. The lowest BCUT2D eigenvalue weighted by Gasteiger charge is -2.30. The van der Waals surface area contributed by atoms with Crippen LogP contribution in [0.15, 0.2) is 42.9 Å². The van der Waals surface area contributed by atoms with E-state index >= 15 is 0 Å². The predicted molar refractivity (Wildman–Crippen MR) is 117 cm³/mol. The average molecular weight is 438 g/mol. The molecule has 4 aromatic rings. The number of aromatic nitrogens is 5. The van der Waals surface area contributed by atoms with Crippen LogP contribution in [0.25, 0.3) is 22.2 Å². The maximum absolute atomic E-state index is 13.8. The minimum Gasteiger partial charge on any atom is -0.487 e. The number of ether oxygens (including phenoxy) is 1. The zero-order chi connectivity index (χ0) is 22.2. The number of rotatable bonds is 5. The molecule has 0 radical (unpaired) electrons. The van der Waals surface area contributed by atoms with Crippen LogP contribution in [-0.4, -0.2) is 36.7 Å². The summed E-state index contributed by atoms with van der Waals surface area (Å²) in [5, 5.41) is 13.3.